The summed E-state index contributed by atoms with van der Waals surface area (Å²) < 4.78 is 3.96. The van der Waals surface area contributed by atoms with Crippen LogP contribution in [0.25, 0.3) is 11.0 Å². The number of fused-ring (bicyclic) bond motifs is 1. The summed E-state index contributed by atoms with van der Waals surface area (Å²) in [5, 5.41) is 5.91. The Labute approximate surface area is 215 Å². The van der Waals surface area contributed by atoms with Crippen molar-refractivity contribution in [2.24, 2.45) is 7.05 Å². The highest BCUT2D eigenvalue weighted by atomic mass is 16.1. The number of rotatable bonds is 10. The van der Waals surface area contributed by atoms with Crippen molar-refractivity contribution in [2.75, 3.05) is 5.32 Å². The molecule has 0 radical (unpaired) electrons. The highest BCUT2D eigenvalue weighted by molar-refractivity contribution is 6.07. The molecule has 5 aromatic rings. The van der Waals surface area contributed by atoms with Crippen LogP contribution in [0.3, 0.4) is 0 Å². The van der Waals surface area contributed by atoms with E-state index in [4.69, 9.17) is 4.98 Å². The fourth-order valence-electron chi connectivity index (χ4n) is 4.60. The normalized spacial score (nSPS) is 11.8. The van der Waals surface area contributed by atoms with Crippen LogP contribution in [0, 0.1) is 0 Å². The van der Waals surface area contributed by atoms with Gasteiger partial charge in [0.05, 0.1) is 29.0 Å². The van der Waals surface area contributed by atoms with Crippen molar-refractivity contribution in [1.29, 1.82) is 0 Å². The molecule has 5 rings (SSSR count). The molecule has 0 saturated carbocycles. The van der Waals surface area contributed by atoms with Gasteiger partial charge in [0.2, 0.25) is 6.41 Å². The Morgan fingerprint density at radius 2 is 1.81 bits per heavy atom. The van der Waals surface area contributed by atoms with Gasteiger partial charge in [0.15, 0.2) is 0 Å². The number of benzene rings is 3. The molecule has 2 heterocycles. The topological polar surface area (TPSA) is 93.8 Å². The predicted octanol–water partition coefficient (Wildman–Crippen LogP) is 4.49. The second kappa shape index (κ2) is 10.9. The van der Waals surface area contributed by atoms with Gasteiger partial charge in [-0.2, -0.15) is 0 Å². The number of anilines is 1. The van der Waals surface area contributed by atoms with Crippen LogP contribution in [0.5, 0.6) is 0 Å². The lowest BCUT2D eigenvalue weighted by atomic mass is 10.0. The van der Waals surface area contributed by atoms with Gasteiger partial charge in [0.25, 0.3) is 5.91 Å². The van der Waals surface area contributed by atoms with E-state index in [1.807, 2.05) is 70.9 Å². The molecule has 0 unspecified atom stereocenters. The lowest BCUT2D eigenvalue weighted by Gasteiger charge is -2.20. The number of hydrogen-bond donors (Lipinski definition) is 2. The van der Waals surface area contributed by atoms with Gasteiger partial charge >= 0.3 is 0 Å². The predicted molar refractivity (Wildman–Crippen MR) is 143 cm³/mol. The molecular weight excluding hydrogens is 464 g/mol. The summed E-state index contributed by atoms with van der Waals surface area (Å²) in [6.45, 7) is 0.703. The fraction of sp³-hybridized carbons (Fsp3) is 0.172. The van der Waals surface area contributed by atoms with Gasteiger partial charge in [0.1, 0.15) is 5.82 Å². The van der Waals surface area contributed by atoms with Gasteiger partial charge in [-0.15, -0.1) is 0 Å². The number of carbonyl (C=O) groups excluding carboxylic acids is 2. The molecule has 2 N–H and O–H groups in total. The molecule has 1 atom stereocenters. The molecule has 0 aliphatic carbocycles. The van der Waals surface area contributed by atoms with Gasteiger partial charge in [0, 0.05) is 38.1 Å². The standard InChI is InChI=1S/C29H28N6O2/c1-34-27(16-21-8-4-2-5-9-21)32-26-18-23(31-20-36)17-24(28(26)34)29(37)33-25(22-10-6-3-7-11-22)12-14-35-15-13-30-19-35/h2-11,13,15,17-20,25H,12,14,16H2,1H3,(H,31,36)(H,33,37)/t25-/m0/s1. The van der Waals surface area contributed by atoms with E-state index in [9.17, 15) is 9.59 Å². The minimum absolute atomic E-state index is 0.217. The van der Waals surface area contributed by atoms with Crippen LogP contribution >= 0.6 is 0 Å². The third kappa shape index (κ3) is 5.43. The molecule has 0 fully saturated rings. The molecule has 3 aromatic carbocycles. The summed E-state index contributed by atoms with van der Waals surface area (Å²) in [5.74, 6) is 0.603. The van der Waals surface area contributed by atoms with Crippen LogP contribution in [-0.2, 0) is 24.8 Å². The Balaban J connectivity index is 1.50. The summed E-state index contributed by atoms with van der Waals surface area (Å²) in [5.41, 5.74) is 4.50. The molecule has 8 heteroatoms. The van der Waals surface area contributed by atoms with Crippen molar-refractivity contribution < 1.29 is 9.59 Å². The molecule has 0 spiro atoms. The Kier molecular flexibility index (Phi) is 7.07. The highest BCUT2D eigenvalue weighted by Crippen LogP contribution is 2.27. The van der Waals surface area contributed by atoms with Gasteiger partial charge in [-0.3, -0.25) is 9.59 Å². The van der Waals surface area contributed by atoms with Crippen LogP contribution in [0.1, 0.15) is 39.8 Å². The van der Waals surface area contributed by atoms with Gasteiger partial charge in [-0.05, 0) is 29.7 Å². The molecule has 2 aromatic heterocycles. The van der Waals surface area contributed by atoms with Crippen molar-refractivity contribution in [3.8, 4) is 0 Å². The molecule has 37 heavy (non-hydrogen) atoms. The van der Waals surface area contributed by atoms with E-state index in [-0.39, 0.29) is 11.9 Å². The Morgan fingerprint density at radius 1 is 1.05 bits per heavy atom. The van der Waals surface area contributed by atoms with E-state index in [0.717, 1.165) is 22.5 Å². The van der Waals surface area contributed by atoms with E-state index >= 15 is 0 Å². The van der Waals surface area contributed by atoms with Crippen molar-refractivity contribution in [2.45, 2.75) is 25.4 Å². The Morgan fingerprint density at radius 3 is 2.51 bits per heavy atom. The maximum absolute atomic E-state index is 13.8. The fourth-order valence-corrected chi connectivity index (χ4v) is 4.60. The lowest BCUT2D eigenvalue weighted by molar-refractivity contribution is -0.105. The molecule has 0 aliphatic rings. The van der Waals surface area contributed by atoms with E-state index in [1.54, 1.807) is 24.7 Å². The Hall–Kier alpha value is -4.72. The van der Waals surface area contributed by atoms with Gasteiger partial charge in [-0.25, -0.2) is 9.97 Å². The first-order valence-electron chi connectivity index (χ1n) is 12.2. The van der Waals surface area contributed by atoms with Crippen LogP contribution in [0.2, 0.25) is 0 Å². The smallest absolute Gasteiger partial charge is 0.254 e. The number of hydrogen-bond acceptors (Lipinski definition) is 4. The van der Waals surface area contributed by atoms with Crippen molar-refractivity contribution in [3.05, 3.63) is 114 Å². The zero-order chi connectivity index (χ0) is 25.6. The van der Waals surface area contributed by atoms with Crippen LogP contribution in [-0.4, -0.2) is 31.4 Å². The molecule has 8 nitrogen and oxygen atoms in total. The number of imidazole rings is 2. The molecule has 186 valence electrons. The number of aromatic nitrogens is 4. The molecule has 2 amide bonds. The minimum Gasteiger partial charge on any atom is -0.345 e. The van der Waals surface area contributed by atoms with E-state index in [1.165, 1.54) is 0 Å². The molecule has 0 aliphatic heterocycles. The summed E-state index contributed by atoms with van der Waals surface area (Å²) in [4.78, 5) is 33.9. The van der Waals surface area contributed by atoms with E-state index in [2.05, 4.69) is 27.8 Å². The molecule has 0 bridgehead atoms. The van der Waals surface area contributed by atoms with Gasteiger partial charge < -0.3 is 19.8 Å². The average Bonchev–Trinajstić information content (AvgIpc) is 3.55. The van der Waals surface area contributed by atoms with Crippen LogP contribution in [0.4, 0.5) is 5.69 Å². The maximum Gasteiger partial charge on any atom is 0.254 e. The number of carbonyl (C=O) groups is 2. The van der Waals surface area contributed by atoms with Crippen molar-refractivity contribution >= 4 is 29.0 Å². The van der Waals surface area contributed by atoms with Crippen molar-refractivity contribution in [1.82, 2.24) is 24.4 Å². The Bertz CT molecular complexity index is 1490. The largest absolute Gasteiger partial charge is 0.345 e. The highest BCUT2D eigenvalue weighted by Gasteiger charge is 2.22. The summed E-state index contributed by atoms with van der Waals surface area (Å²) in [7, 11) is 1.92. The SMILES string of the molecule is Cn1c(Cc2ccccc2)nc2cc(NC=O)cc(C(=O)N[C@@H](CCn3ccnc3)c3ccccc3)c21. The summed E-state index contributed by atoms with van der Waals surface area (Å²) >= 11 is 0. The van der Waals surface area contributed by atoms with Crippen LogP contribution < -0.4 is 10.6 Å². The molecular formula is C29H28N6O2. The molecule has 0 saturated heterocycles. The summed E-state index contributed by atoms with van der Waals surface area (Å²) in [6, 6.07) is 23.3. The quantitative estimate of drug-likeness (QED) is 0.281. The number of aryl methyl sites for hydroxylation is 2. The number of amides is 2. The first kappa shape index (κ1) is 24.0. The van der Waals surface area contributed by atoms with Gasteiger partial charge in [-0.1, -0.05) is 60.7 Å². The zero-order valence-electron chi connectivity index (χ0n) is 20.5. The zero-order valence-corrected chi connectivity index (χ0v) is 20.5. The third-order valence-electron chi connectivity index (χ3n) is 6.48. The van der Waals surface area contributed by atoms with E-state index < -0.39 is 0 Å². The monoisotopic (exact) mass is 492 g/mol. The average molecular weight is 493 g/mol. The number of nitrogens with zero attached hydrogens (tertiary/aromatic N) is 4. The number of nitrogens with one attached hydrogen (secondary N) is 2. The lowest BCUT2D eigenvalue weighted by Crippen LogP contribution is -2.30. The summed E-state index contributed by atoms with van der Waals surface area (Å²) in [6.07, 6.45) is 7.34. The maximum atomic E-state index is 13.8. The first-order valence-corrected chi connectivity index (χ1v) is 12.2. The van der Waals surface area contributed by atoms with Crippen LogP contribution in [0.15, 0.2) is 91.5 Å². The third-order valence-corrected chi connectivity index (χ3v) is 6.48. The second-order valence-corrected chi connectivity index (χ2v) is 8.93. The first-order chi connectivity index (χ1) is 18.1. The minimum atomic E-state index is -0.228. The van der Waals surface area contributed by atoms with E-state index in [0.29, 0.717) is 42.6 Å². The second-order valence-electron chi connectivity index (χ2n) is 8.93. The van der Waals surface area contributed by atoms with Crippen molar-refractivity contribution in [3.63, 3.8) is 0 Å².